The topological polar surface area (TPSA) is 37.6 Å². The number of rotatable bonds is 6. The molecule has 7 heteroatoms. The summed E-state index contributed by atoms with van der Waals surface area (Å²) >= 11 is 0. The molecule has 1 aliphatic heterocycles. The Labute approximate surface area is 150 Å². The van der Waals surface area contributed by atoms with Gasteiger partial charge in [-0.05, 0) is 36.8 Å². The summed E-state index contributed by atoms with van der Waals surface area (Å²) in [7, 11) is 0. The van der Waals surface area contributed by atoms with Crippen LogP contribution in [0.15, 0.2) is 40.8 Å². The summed E-state index contributed by atoms with van der Waals surface area (Å²) < 4.78 is 49.4. The Morgan fingerprint density at radius 3 is 2.35 bits per heavy atom. The van der Waals surface area contributed by atoms with E-state index in [0.717, 1.165) is 42.3 Å². The largest absolute Gasteiger partial charge is 0.465 e. The molecule has 1 saturated heterocycles. The summed E-state index contributed by atoms with van der Waals surface area (Å²) in [6.07, 6.45) is -4.32. The van der Waals surface area contributed by atoms with Crippen LogP contribution in [0.5, 0.6) is 0 Å². The Bertz CT molecular complexity index is 692. The van der Waals surface area contributed by atoms with Crippen LogP contribution in [0, 0.1) is 6.92 Å². The average molecular weight is 368 g/mol. The van der Waals surface area contributed by atoms with Crippen LogP contribution < -0.4 is 5.32 Å². The molecule has 1 unspecified atom stereocenters. The predicted octanol–water partition coefficient (Wildman–Crippen LogP) is 3.77. The van der Waals surface area contributed by atoms with Crippen LogP contribution in [0.25, 0.3) is 0 Å². The number of hydrogen-bond donors (Lipinski definition) is 1. The van der Waals surface area contributed by atoms with Crippen molar-refractivity contribution in [3.05, 3.63) is 59.0 Å². The molecular weight excluding hydrogens is 345 g/mol. The Hall–Kier alpha value is -1.83. The molecule has 26 heavy (non-hydrogen) atoms. The van der Waals surface area contributed by atoms with E-state index in [4.69, 9.17) is 9.15 Å². The smallest absolute Gasteiger partial charge is 0.416 e. The Kier molecular flexibility index (Phi) is 6.01. The van der Waals surface area contributed by atoms with Gasteiger partial charge in [0.1, 0.15) is 11.5 Å². The molecule has 1 atom stereocenters. The first-order chi connectivity index (χ1) is 12.4. The monoisotopic (exact) mass is 368 g/mol. The fraction of sp³-hybridized carbons (Fsp3) is 0.474. The number of benzene rings is 1. The highest BCUT2D eigenvalue weighted by atomic mass is 19.4. The molecule has 142 valence electrons. The van der Waals surface area contributed by atoms with Gasteiger partial charge >= 0.3 is 6.18 Å². The molecule has 2 aromatic rings. The van der Waals surface area contributed by atoms with E-state index in [1.54, 1.807) is 12.1 Å². The molecule has 1 aromatic carbocycles. The normalized spacial score (nSPS) is 17.4. The van der Waals surface area contributed by atoms with Crippen LogP contribution in [0.3, 0.4) is 0 Å². The maximum absolute atomic E-state index is 12.8. The zero-order chi connectivity index (χ0) is 18.6. The molecular formula is C19H23F3N2O2. The molecule has 4 nitrogen and oxygen atoms in total. The Balaban J connectivity index is 1.70. The van der Waals surface area contributed by atoms with E-state index in [9.17, 15) is 13.2 Å². The molecule has 1 aliphatic rings. The van der Waals surface area contributed by atoms with Gasteiger partial charge in [-0.15, -0.1) is 0 Å². The SMILES string of the molecule is Cc1ccc(CNCC(c2ccc(C(F)(F)F)cc2)N2CCOCC2)o1. The first-order valence-corrected chi connectivity index (χ1v) is 8.68. The fourth-order valence-electron chi connectivity index (χ4n) is 3.15. The van der Waals surface area contributed by atoms with Crippen LogP contribution in [0.1, 0.15) is 28.7 Å². The lowest BCUT2D eigenvalue weighted by atomic mass is 10.0. The third-order valence-corrected chi connectivity index (χ3v) is 4.54. The average Bonchev–Trinajstić information content (AvgIpc) is 3.04. The third kappa shape index (κ3) is 4.87. The number of morpholine rings is 1. The van der Waals surface area contributed by atoms with Crippen molar-refractivity contribution in [2.75, 3.05) is 32.8 Å². The van der Waals surface area contributed by atoms with Crippen LogP contribution in [-0.2, 0) is 17.5 Å². The Morgan fingerprint density at radius 2 is 1.77 bits per heavy atom. The minimum absolute atomic E-state index is 0.0164. The standard InChI is InChI=1S/C19H23F3N2O2/c1-14-2-7-17(26-14)12-23-13-18(24-8-10-25-11-9-24)15-3-5-16(6-4-15)19(20,21)22/h2-7,18,23H,8-13H2,1H3. The molecule has 0 spiro atoms. The van der Waals surface area contributed by atoms with Crippen molar-refractivity contribution < 1.29 is 22.3 Å². The number of nitrogens with one attached hydrogen (secondary N) is 1. The van der Waals surface area contributed by atoms with Crippen molar-refractivity contribution in [2.45, 2.75) is 25.7 Å². The van der Waals surface area contributed by atoms with Crippen molar-refractivity contribution in [1.82, 2.24) is 10.2 Å². The van der Waals surface area contributed by atoms with Gasteiger partial charge in [0.05, 0.1) is 25.3 Å². The van der Waals surface area contributed by atoms with Gasteiger partial charge in [0.15, 0.2) is 0 Å². The fourth-order valence-corrected chi connectivity index (χ4v) is 3.15. The summed E-state index contributed by atoms with van der Waals surface area (Å²) in [4.78, 5) is 2.24. The van der Waals surface area contributed by atoms with Gasteiger partial charge in [-0.25, -0.2) is 0 Å². The number of hydrogen-bond acceptors (Lipinski definition) is 4. The van der Waals surface area contributed by atoms with E-state index < -0.39 is 11.7 Å². The van der Waals surface area contributed by atoms with E-state index >= 15 is 0 Å². The molecule has 1 aromatic heterocycles. The lowest BCUT2D eigenvalue weighted by Crippen LogP contribution is -2.42. The van der Waals surface area contributed by atoms with Crippen LogP contribution in [-0.4, -0.2) is 37.7 Å². The minimum Gasteiger partial charge on any atom is -0.465 e. The number of halogens is 3. The maximum Gasteiger partial charge on any atom is 0.416 e. The van der Waals surface area contributed by atoms with Gasteiger partial charge in [0.2, 0.25) is 0 Å². The van der Waals surface area contributed by atoms with E-state index in [2.05, 4.69) is 10.2 Å². The molecule has 0 bridgehead atoms. The van der Waals surface area contributed by atoms with Gasteiger partial charge < -0.3 is 14.5 Å². The first kappa shape index (κ1) is 18.9. The molecule has 3 rings (SSSR count). The van der Waals surface area contributed by atoms with Crippen molar-refractivity contribution in [3.8, 4) is 0 Å². The van der Waals surface area contributed by atoms with Gasteiger partial charge in [-0.1, -0.05) is 12.1 Å². The maximum atomic E-state index is 12.8. The molecule has 0 radical (unpaired) electrons. The molecule has 0 saturated carbocycles. The zero-order valence-electron chi connectivity index (χ0n) is 14.7. The summed E-state index contributed by atoms with van der Waals surface area (Å²) in [5.41, 5.74) is 0.240. The summed E-state index contributed by atoms with van der Waals surface area (Å²) in [6.45, 7) is 5.87. The molecule has 0 amide bonds. The number of alkyl halides is 3. The second kappa shape index (κ2) is 8.24. The highest BCUT2D eigenvalue weighted by Gasteiger charge is 2.31. The molecule has 1 fully saturated rings. The number of nitrogens with zero attached hydrogens (tertiary/aromatic N) is 1. The lowest BCUT2D eigenvalue weighted by molar-refractivity contribution is -0.137. The molecule has 0 aliphatic carbocycles. The van der Waals surface area contributed by atoms with E-state index in [1.165, 1.54) is 0 Å². The van der Waals surface area contributed by atoms with Crippen LogP contribution in [0.2, 0.25) is 0 Å². The molecule has 1 N–H and O–H groups in total. The highest BCUT2D eigenvalue weighted by Crippen LogP contribution is 2.31. The third-order valence-electron chi connectivity index (χ3n) is 4.54. The van der Waals surface area contributed by atoms with E-state index in [-0.39, 0.29) is 6.04 Å². The highest BCUT2D eigenvalue weighted by molar-refractivity contribution is 5.27. The van der Waals surface area contributed by atoms with Crippen LogP contribution in [0.4, 0.5) is 13.2 Å². The van der Waals surface area contributed by atoms with Crippen molar-refractivity contribution in [2.24, 2.45) is 0 Å². The number of ether oxygens (including phenoxy) is 1. The Morgan fingerprint density at radius 1 is 1.08 bits per heavy atom. The molecule has 2 heterocycles. The number of aryl methyl sites for hydroxylation is 1. The van der Waals surface area contributed by atoms with Crippen LogP contribution >= 0.6 is 0 Å². The summed E-state index contributed by atoms with van der Waals surface area (Å²) in [5, 5.41) is 3.36. The summed E-state index contributed by atoms with van der Waals surface area (Å²) in [6, 6.07) is 9.26. The van der Waals surface area contributed by atoms with E-state index in [0.29, 0.717) is 26.3 Å². The predicted molar refractivity (Wildman–Crippen MR) is 91.7 cm³/mol. The quantitative estimate of drug-likeness (QED) is 0.842. The van der Waals surface area contributed by atoms with Gasteiger partial charge in [0, 0.05) is 25.7 Å². The second-order valence-electron chi connectivity index (χ2n) is 6.43. The van der Waals surface area contributed by atoms with Crippen molar-refractivity contribution in [3.63, 3.8) is 0 Å². The van der Waals surface area contributed by atoms with Gasteiger partial charge in [0.25, 0.3) is 0 Å². The second-order valence-corrected chi connectivity index (χ2v) is 6.43. The van der Waals surface area contributed by atoms with Gasteiger partial charge in [-0.3, -0.25) is 4.90 Å². The van der Waals surface area contributed by atoms with E-state index in [1.807, 2.05) is 19.1 Å². The lowest BCUT2D eigenvalue weighted by Gasteiger charge is -2.35. The summed E-state index contributed by atoms with van der Waals surface area (Å²) in [5.74, 6) is 1.70. The number of furan rings is 1. The van der Waals surface area contributed by atoms with Gasteiger partial charge in [-0.2, -0.15) is 13.2 Å². The van der Waals surface area contributed by atoms with Crippen molar-refractivity contribution in [1.29, 1.82) is 0 Å². The van der Waals surface area contributed by atoms with Crippen molar-refractivity contribution >= 4 is 0 Å². The first-order valence-electron chi connectivity index (χ1n) is 8.68. The minimum atomic E-state index is -4.32. The zero-order valence-corrected chi connectivity index (χ0v) is 14.7.